The predicted octanol–water partition coefficient (Wildman–Crippen LogP) is -3.51. The Morgan fingerprint density at radius 3 is 1.35 bits per heavy atom. The summed E-state index contributed by atoms with van der Waals surface area (Å²) in [5, 5.41) is 4.45. The Kier molecular flexibility index (Phi) is 11.2. The molecule has 0 N–H and O–H groups in total. The summed E-state index contributed by atoms with van der Waals surface area (Å²) in [5.74, 6) is 0.525. The Balaban J connectivity index is 0.00000193. The van der Waals surface area contributed by atoms with Gasteiger partial charge in [-0.05, 0) is 0 Å². The Bertz CT molecular complexity index is 1070. The van der Waals surface area contributed by atoms with E-state index < -0.39 is 8.07 Å². The molecule has 0 spiro atoms. The maximum absolute atomic E-state index is 2.58. The fraction of sp³-hybridized carbons (Fsp3) is 0.241. The number of aryl methyl sites for hydroxylation is 3. The van der Waals surface area contributed by atoms with Crippen LogP contribution in [0.15, 0.2) is 96.6 Å². The van der Waals surface area contributed by atoms with E-state index in [1.807, 2.05) is 0 Å². The van der Waals surface area contributed by atoms with Gasteiger partial charge in [0, 0.05) is 0 Å². The van der Waals surface area contributed by atoms with Crippen LogP contribution >= 0.6 is 0 Å². The van der Waals surface area contributed by atoms with Crippen molar-refractivity contribution in [3.63, 3.8) is 0 Å². The largest absolute Gasteiger partial charge is 1.00 e. The van der Waals surface area contributed by atoms with E-state index in [1.165, 1.54) is 37.8 Å². The van der Waals surface area contributed by atoms with Gasteiger partial charge in [-0.15, -0.1) is 0 Å². The molecule has 0 nitrogen and oxygen atoms in total. The molecule has 0 saturated heterocycles. The van der Waals surface area contributed by atoms with Crippen LogP contribution in [-0.2, 0) is 20.4 Å². The van der Waals surface area contributed by atoms with Crippen LogP contribution in [0.3, 0.4) is 0 Å². The van der Waals surface area contributed by atoms with Crippen LogP contribution < -0.4 is 52.8 Å². The molecular weight excluding hydrogens is 531 g/mol. The van der Waals surface area contributed by atoms with Crippen molar-refractivity contribution in [3.05, 3.63) is 113 Å². The Morgan fingerprint density at radius 1 is 0.676 bits per heavy atom. The molecule has 0 fully saturated rings. The Morgan fingerprint density at radius 2 is 1.06 bits per heavy atom. The number of allylic oxidation sites excluding steroid dienone is 4. The van der Waals surface area contributed by atoms with Crippen LogP contribution in [0.4, 0.5) is 0 Å². The van der Waals surface area contributed by atoms with Gasteiger partial charge in [-0.3, -0.25) is 0 Å². The van der Waals surface area contributed by atoms with E-state index in [1.54, 1.807) is 0 Å². The third-order valence-corrected chi connectivity index (χ3v) is 13.9. The van der Waals surface area contributed by atoms with Crippen LogP contribution in [0.5, 0.6) is 0 Å². The van der Waals surface area contributed by atoms with Gasteiger partial charge in [-0.25, -0.2) is 0 Å². The molecule has 0 heterocycles. The van der Waals surface area contributed by atoms with Crippen molar-refractivity contribution in [2.45, 2.75) is 38.0 Å². The van der Waals surface area contributed by atoms with Crippen molar-refractivity contribution in [2.24, 2.45) is 5.92 Å². The molecule has 0 radical (unpaired) electrons. The van der Waals surface area contributed by atoms with Gasteiger partial charge in [0.1, 0.15) is 0 Å². The minimum atomic E-state index is -2.46. The van der Waals surface area contributed by atoms with E-state index in [0.29, 0.717) is 5.92 Å². The summed E-state index contributed by atoms with van der Waals surface area (Å²) in [6.45, 7) is 11.3. The van der Waals surface area contributed by atoms with Crippen molar-refractivity contribution in [3.8, 4) is 0 Å². The second kappa shape index (κ2) is 12.3. The molecule has 0 aliphatic heterocycles. The van der Waals surface area contributed by atoms with Crippen LogP contribution in [0.2, 0.25) is 3.34 Å². The smallest absolute Gasteiger partial charge is 1.00 e. The van der Waals surface area contributed by atoms with Gasteiger partial charge in [-0.2, -0.15) is 0 Å². The molecule has 0 bridgehead atoms. The molecule has 1 unspecified atom stereocenters. The molecule has 3 aromatic rings. The maximum Gasteiger partial charge on any atom is -1.00 e. The average Bonchev–Trinajstić information content (AvgIpc) is 3.12. The minimum absolute atomic E-state index is 0. The van der Waals surface area contributed by atoms with Gasteiger partial charge in [0.25, 0.3) is 0 Å². The van der Waals surface area contributed by atoms with E-state index in [9.17, 15) is 0 Å². The van der Waals surface area contributed by atoms with Crippen LogP contribution in [-0.4, -0.2) is 8.07 Å². The first kappa shape index (κ1) is 31.0. The maximum atomic E-state index is 2.58. The van der Waals surface area contributed by atoms with Crippen LogP contribution in [0.25, 0.3) is 0 Å². The summed E-state index contributed by atoms with van der Waals surface area (Å²) >= 11 is 2.47. The summed E-state index contributed by atoms with van der Waals surface area (Å²) in [7, 11) is -2.46. The van der Waals surface area contributed by atoms with E-state index in [2.05, 4.69) is 146 Å². The molecule has 0 aromatic heterocycles. The van der Waals surface area contributed by atoms with E-state index in [0.717, 1.165) is 0 Å². The number of hydrogen-bond donors (Lipinski definition) is 0. The fourth-order valence-electron chi connectivity index (χ4n) is 5.03. The summed E-state index contributed by atoms with van der Waals surface area (Å²) < 4.78 is -0.0536. The monoisotopic (exact) mass is 560 g/mol. The molecule has 1 atom stereocenters. The second-order valence-electron chi connectivity index (χ2n) is 9.36. The average molecular weight is 562 g/mol. The van der Waals surface area contributed by atoms with Gasteiger partial charge >= 0.3 is 201 Å². The molecule has 1 aliphatic rings. The standard InChI is InChI=1S/C29H31Si.3ClH.Ti/c1-21(2)25-15-16-29(20-25)30(26-12-6-9-22(3)17-26,27-13-7-10-23(4)18-27)28-14-8-11-24(5)19-28;;;;/h6-21H,1-5H3;3*1H;/q;;;;+3/p-3. The Labute approximate surface area is 237 Å². The van der Waals surface area contributed by atoms with Gasteiger partial charge in [0.15, 0.2) is 0 Å². The van der Waals surface area contributed by atoms with Gasteiger partial charge in [-0.1, -0.05) is 0 Å². The summed E-state index contributed by atoms with van der Waals surface area (Å²) in [6.07, 6.45) is 7.46. The van der Waals surface area contributed by atoms with E-state index in [-0.39, 0.29) is 40.6 Å². The molecule has 5 heteroatoms. The fourth-order valence-corrected chi connectivity index (χ4v) is 13.0. The third kappa shape index (κ3) is 5.51. The summed E-state index contributed by atoms with van der Waals surface area (Å²) in [5.41, 5.74) is 5.43. The van der Waals surface area contributed by atoms with E-state index >= 15 is 0 Å². The molecule has 34 heavy (non-hydrogen) atoms. The topological polar surface area (TPSA) is 0 Å². The second-order valence-corrected chi connectivity index (χ2v) is 15.5. The summed E-state index contributed by atoms with van der Waals surface area (Å²) in [4.78, 5) is 0. The quantitative estimate of drug-likeness (QED) is 0.224. The van der Waals surface area contributed by atoms with Crippen molar-refractivity contribution >= 4 is 23.6 Å². The van der Waals surface area contributed by atoms with E-state index in [4.69, 9.17) is 0 Å². The molecule has 176 valence electrons. The van der Waals surface area contributed by atoms with Gasteiger partial charge in [0.2, 0.25) is 0 Å². The van der Waals surface area contributed by atoms with Crippen LogP contribution in [0.1, 0.15) is 30.5 Å². The number of halogens is 3. The molecule has 0 saturated carbocycles. The van der Waals surface area contributed by atoms with Crippen molar-refractivity contribution in [2.75, 3.05) is 0 Å². The molecule has 3 aromatic carbocycles. The van der Waals surface area contributed by atoms with Crippen molar-refractivity contribution in [1.82, 2.24) is 0 Å². The zero-order chi connectivity index (χ0) is 22.2. The third-order valence-electron chi connectivity index (χ3n) is 6.57. The molecular formula is C29H31Cl3SiTi. The molecule has 1 aliphatic carbocycles. The number of rotatable bonds is 5. The first-order valence-electron chi connectivity index (χ1n) is 11.1. The normalized spacial score (nSPS) is 16.9. The zero-order valence-electron chi connectivity index (χ0n) is 20.4. The SMILES string of the molecule is Cc1cccc([Si](c2cccc(C)c2)(c2cccc(C)c2)[C]2([Ti+3])C=CC(C(C)C)=C2)c1.[Cl-].[Cl-].[Cl-]. The predicted molar refractivity (Wildman–Crippen MR) is 133 cm³/mol. The van der Waals surface area contributed by atoms with Crippen molar-refractivity contribution in [1.29, 1.82) is 0 Å². The van der Waals surface area contributed by atoms with Gasteiger partial charge in [0.05, 0.1) is 0 Å². The first-order valence-corrected chi connectivity index (χ1v) is 13.9. The molecule has 0 amide bonds. The Hall–Kier alpha value is -1.06. The van der Waals surface area contributed by atoms with Crippen molar-refractivity contribution < 1.29 is 57.7 Å². The number of hydrogen-bond acceptors (Lipinski definition) is 0. The zero-order valence-corrected chi connectivity index (χ0v) is 25.2. The summed E-state index contributed by atoms with van der Waals surface area (Å²) in [6, 6.07) is 27.9. The molecule has 4 rings (SSSR count). The first-order chi connectivity index (χ1) is 14.8. The van der Waals surface area contributed by atoms with Gasteiger partial charge < -0.3 is 37.2 Å². The van der Waals surface area contributed by atoms with Crippen LogP contribution in [0, 0.1) is 26.7 Å². The minimum Gasteiger partial charge on any atom is -1.00 e. The number of benzene rings is 3.